The van der Waals surface area contributed by atoms with Gasteiger partial charge in [-0.2, -0.15) is 0 Å². The minimum absolute atomic E-state index is 0.308. The van der Waals surface area contributed by atoms with Crippen molar-refractivity contribution in [2.75, 3.05) is 6.54 Å². The van der Waals surface area contributed by atoms with E-state index in [0.29, 0.717) is 23.0 Å². The maximum absolute atomic E-state index is 12.2. The number of amides is 1. The number of aromatic nitrogens is 1. The Hall–Kier alpha value is -1.66. The maximum Gasteiger partial charge on any atom is 0.252 e. The van der Waals surface area contributed by atoms with Crippen molar-refractivity contribution in [2.45, 2.75) is 19.4 Å². The molecule has 106 valence electrons. The van der Waals surface area contributed by atoms with Crippen LogP contribution < -0.4 is 16.6 Å². The van der Waals surface area contributed by atoms with Gasteiger partial charge >= 0.3 is 0 Å². The molecule has 1 heterocycles. The molecule has 4 N–H and O–H groups in total. The van der Waals surface area contributed by atoms with Crippen molar-refractivity contribution in [1.29, 1.82) is 0 Å². The van der Waals surface area contributed by atoms with Gasteiger partial charge in [0.05, 0.1) is 5.56 Å². The predicted octanol–water partition coefficient (Wildman–Crippen LogP) is 1.76. The topological polar surface area (TPSA) is 88.0 Å². The van der Waals surface area contributed by atoms with Crippen molar-refractivity contribution in [3.63, 3.8) is 0 Å². The third-order valence-corrected chi connectivity index (χ3v) is 3.25. The van der Waals surface area contributed by atoms with E-state index in [0.717, 1.165) is 4.47 Å². The number of hydrogen-bond donors (Lipinski definition) is 3. The van der Waals surface area contributed by atoms with Gasteiger partial charge in [-0.3, -0.25) is 9.59 Å². The molecule has 0 aliphatic rings. The molecular weight excluding hydrogens is 322 g/mol. The van der Waals surface area contributed by atoms with Gasteiger partial charge in [0.25, 0.3) is 5.91 Å². The summed E-state index contributed by atoms with van der Waals surface area (Å²) in [4.78, 5) is 26.6. The zero-order valence-corrected chi connectivity index (χ0v) is 12.9. The highest BCUT2D eigenvalue weighted by Gasteiger charge is 2.16. The fourth-order valence-corrected chi connectivity index (χ4v) is 2.18. The number of nitrogens with one attached hydrogen (secondary N) is 2. The van der Waals surface area contributed by atoms with Gasteiger partial charge in [0.2, 0.25) is 5.56 Å². The smallest absolute Gasteiger partial charge is 0.252 e. The third kappa shape index (κ3) is 3.46. The molecule has 0 unspecified atom stereocenters. The van der Waals surface area contributed by atoms with E-state index in [1.807, 2.05) is 19.9 Å². The lowest BCUT2D eigenvalue weighted by Crippen LogP contribution is -2.45. The summed E-state index contributed by atoms with van der Waals surface area (Å²) in [6, 6.07) is 6.66. The van der Waals surface area contributed by atoms with Gasteiger partial charge in [-0.05, 0) is 32.0 Å². The fourth-order valence-electron chi connectivity index (χ4n) is 1.82. The molecule has 0 saturated heterocycles. The Kier molecular flexibility index (Phi) is 3.96. The SMILES string of the molecule is CC(C)(N)CNC(=O)c1cc(=O)[nH]c2ccc(Br)cc12. The highest BCUT2D eigenvalue weighted by molar-refractivity contribution is 9.10. The fraction of sp³-hybridized carbons (Fsp3) is 0.286. The molecule has 0 radical (unpaired) electrons. The quantitative estimate of drug-likeness (QED) is 0.797. The third-order valence-electron chi connectivity index (χ3n) is 2.75. The molecule has 0 spiro atoms. The summed E-state index contributed by atoms with van der Waals surface area (Å²) < 4.78 is 0.838. The highest BCUT2D eigenvalue weighted by Crippen LogP contribution is 2.20. The Bertz CT molecular complexity index is 716. The molecule has 0 bridgehead atoms. The minimum atomic E-state index is -0.507. The summed E-state index contributed by atoms with van der Waals surface area (Å²) in [6.45, 7) is 3.97. The van der Waals surface area contributed by atoms with Crippen LogP contribution >= 0.6 is 15.9 Å². The number of hydrogen-bond acceptors (Lipinski definition) is 3. The number of rotatable bonds is 3. The van der Waals surface area contributed by atoms with Crippen LogP contribution in [0, 0.1) is 0 Å². The van der Waals surface area contributed by atoms with E-state index in [1.165, 1.54) is 6.07 Å². The van der Waals surface area contributed by atoms with E-state index in [1.54, 1.807) is 12.1 Å². The summed E-state index contributed by atoms with van der Waals surface area (Å²) in [5.74, 6) is -0.308. The van der Waals surface area contributed by atoms with E-state index in [-0.39, 0.29) is 11.5 Å². The molecule has 1 amide bonds. The van der Waals surface area contributed by atoms with Gasteiger partial charge in [0.15, 0.2) is 0 Å². The number of carbonyl (C=O) groups is 1. The van der Waals surface area contributed by atoms with E-state index in [2.05, 4.69) is 26.2 Å². The van der Waals surface area contributed by atoms with E-state index < -0.39 is 5.54 Å². The number of benzene rings is 1. The normalized spacial score (nSPS) is 11.6. The van der Waals surface area contributed by atoms with Crippen molar-refractivity contribution >= 4 is 32.7 Å². The maximum atomic E-state index is 12.2. The van der Waals surface area contributed by atoms with Gasteiger partial charge < -0.3 is 16.0 Å². The predicted molar refractivity (Wildman–Crippen MR) is 82.9 cm³/mol. The van der Waals surface area contributed by atoms with Gasteiger partial charge in [-0.25, -0.2) is 0 Å². The largest absolute Gasteiger partial charge is 0.350 e. The van der Waals surface area contributed by atoms with Crippen LogP contribution in [-0.2, 0) is 0 Å². The van der Waals surface area contributed by atoms with E-state index in [4.69, 9.17) is 5.73 Å². The first-order chi connectivity index (χ1) is 9.26. The van der Waals surface area contributed by atoms with Crippen molar-refractivity contribution in [3.05, 3.63) is 44.7 Å². The highest BCUT2D eigenvalue weighted by atomic mass is 79.9. The first-order valence-corrected chi connectivity index (χ1v) is 6.95. The van der Waals surface area contributed by atoms with Crippen LogP contribution in [0.1, 0.15) is 24.2 Å². The lowest BCUT2D eigenvalue weighted by atomic mass is 10.1. The summed E-state index contributed by atoms with van der Waals surface area (Å²) in [6.07, 6.45) is 0. The van der Waals surface area contributed by atoms with Crippen molar-refractivity contribution < 1.29 is 4.79 Å². The van der Waals surface area contributed by atoms with Gasteiger partial charge in [-0.15, -0.1) is 0 Å². The van der Waals surface area contributed by atoms with Crippen LogP contribution in [0.3, 0.4) is 0 Å². The van der Waals surface area contributed by atoms with Crippen LogP contribution in [-0.4, -0.2) is 23.0 Å². The number of halogens is 1. The molecule has 0 atom stereocenters. The molecule has 5 nitrogen and oxygen atoms in total. The first kappa shape index (κ1) is 14.7. The Morgan fingerprint density at radius 1 is 1.40 bits per heavy atom. The molecule has 0 fully saturated rings. The Balaban J connectivity index is 2.45. The molecule has 2 aromatic rings. The number of nitrogens with two attached hydrogens (primary N) is 1. The zero-order chi connectivity index (χ0) is 14.9. The Morgan fingerprint density at radius 2 is 2.10 bits per heavy atom. The number of pyridine rings is 1. The summed E-state index contributed by atoms with van der Waals surface area (Å²) in [5.41, 5.74) is 5.99. The minimum Gasteiger partial charge on any atom is -0.350 e. The molecule has 0 saturated carbocycles. The van der Waals surface area contributed by atoms with Crippen LogP contribution in [0.25, 0.3) is 10.9 Å². The second kappa shape index (κ2) is 5.38. The molecule has 1 aromatic heterocycles. The number of aromatic amines is 1. The zero-order valence-electron chi connectivity index (χ0n) is 11.3. The monoisotopic (exact) mass is 337 g/mol. The van der Waals surface area contributed by atoms with Gasteiger partial charge in [-0.1, -0.05) is 15.9 Å². The summed E-state index contributed by atoms with van der Waals surface area (Å²) >= 11 is 3.36. The average Bonchev–Trinajstić information content (AvgIpc) is 2.34. The molecule has 2 rings (SSSR count). The van der Waals surface area contributed by atoms with Crippen molar-refractivity contribution in [1.82, 2.24) is 10.3 Å². The number of H-pyrrole nitrogens is 1. The van der Waals surface area contributed by atoms with Gasteiger partial charge in [0.1, 0.15) is 0 Å². The molecule has 1 aromatic carbocycles. The van der Waals surface area contributed by atoms with Crippen LogP contribution in [0.4, 0.5) is 0 Å². The van der Waals surface area contributed by atoms with Crippen LogP contribution in [0.5, 0.6) is 0 Å². The summed E-state index contributed by atoms with van der Waals surface area (Å²) in [5, 5.41) is 3.43. The Labute approximate surface area is 124 Å². The first-order valence-electron chi connectivity index (χ1n) is 6.16. The lowest BCUT2D eigenvalue weighted by molar-refractivity contribution is 0.0947. The van der Waals surface area contributed by atoms with Gasteiger partial charge in [0, 0.05) is 33.5 Å². The van der Waals surface area contributed by atoms with Crippen LogP contribution in [0.2, 0.25) is 0 Å². The molecular formula is C14H16BrN3O2. The van der Waals surface area contributed by atoms with E-state index >= 15 is 0 Å². The molecule has 20 heavy (non-hydrogen) atoms. The summed E-state index contributed by atoms with van der Waals surface area (Å²) in [7, 11) is 0. The van der Waals surface area contributed by atoms with Crippen molar-refractivity contribution in [3.8, 4) is 0 Å². The number of fused-ring (bicyclic) bond motifs is 1. The second-order valence-electron chi connectivity index (χ2n) is 5.41. The standard InChI is InChI=1S/C14H16BrN3O2/c1-14(2,16)7-17-13(20)10-6-12(19)18-11-4-3-8(15)5-9(10)11/h3-6H,7,16H2,1-2H3,(H,17,20)(H,18,19). The second-order valence-corrected chi connectivity index (χ2v) is 6.32. The molecule has 6 heteroatoms. The van der Waals surface area contributed by atoms with Crippen LogP contribution in [0.15, 0.2) is 33.5 Å². The molecule has 0 aliphatic carbocycles. The molecule has 0 aliphatic heterocycles. The Morgan fingerprint density at radius 3 is 2.75 bits per heavy atom. The lowest BCUT2D eigenvalue weighted by Gasteiger charge is -2.19. The average molecular weight is 338 g/mol. The van der Waals surface area contributed by atoms with Crippen molar-refractivity contribution in [2.24, 2.45) is 5.73 Å². The van der Waals surface area contributed by atoms with E-state index in [9.17, 15) is 9.59 Å². The number of carbonyl (C=O) groups excluding carboxylic acids is 1.